The average Bonchev–Trinajstić information content (AvgIpc) is 2.39. The highest BCUT2D eigenvalue weighted by Crippen LogP contribution is 2.29. The van der Waals surface area contributed by atoms with Gasteiger partial charge in [-0.25, -0.2) is 4.39 Å². The summed E-state index contributed by atoms with van der Waals surface area (Å²) < 4.78 is 10.3. The van der Waals surface area contributed by atoms with E-state index in [1.54, 1.807) is 24.3 Å². The van der Waals surface area contributed by atoms with E-state index in [2.05, 4.69) is 16.0 Å². The van der Waals surface area contributed by atoms with Gasteiger partial charge in [0.25, 0.3) is 5.91 Å². The number of anilines is 1. The SMILES string of the molecule is O=C(CF)NC(NC(=S)Nc1ccccc1Cl)C(Cl)(Cl)Cl. The zero-order valence-corrected chi connectivity index (χ0v) is 14.1. The quantitative estimate of drug-likeness (QED) is 0.417. The van der Waals surface area contributed by atoms with Crippen LogP contribution in [0.1, 0.15) is 0 Å². The maximum atomic E-state index is 12.2. The van der Waals surface area contributed by atoms with Gasteiger partial charge in [-0.05, 0) is 24.4 Å². The molecule has 0 aliphatic rings. The van der Waals surface area contributed by atoms with E-state index in [4.69, 9.17) is 58.6 Å². The van der Waals surface area contributed by atoms with Crippen LogP contribution in [0.3, 0.4) is 0 Å². The van der Waals surface area contributed by atoms with E-state index in [1.165, 1.54) is 0 Å². The summed E-state index contributed by atoms with van der Waals surface area (Å²) in [6.07, 6.45) is -1.21. The van der Waals surface area contributed by atoms with Crippen molar-refractivity contribution in [3.8, 4) is 0 Å². The van der Waals surface area contributed by atoms with Gasteiger partial charge in [0.2, 0.25) is 3.79 Å². The van der Waals surface area contributed by atoms with E-state index in [0.29, 0.717) is 10.7 Å². The molecule has 3 N–H and O–H groups in total. The summed E-state index contributed by atoms with van der Waals surface area (Å²) >= 11 is 28.1. The maximum absolute atomic E-state index is 12.2. The molecule has 0 heterocycles. The second kappa shape index (κ2) is 8.19. The molecular weight excluding hydrogens is 383 g/mol. The van der Waals surface area contributed by atoms with E-state index >= 15 is 0 Å². The third-order valence-electron chi connectivity index (χ3n) is 2.15. The Labute approximate surface area is 146 Å². The molecule has 1 aromatic rings. The van der Waals surface area contributed by atoms with Crippen LogP contribution in [0.2, 0.25) is 5.02 Å². The van der Waals surface area contributed by atoms with Gasteiger partial charge in [0.15, 0.2) is 11.8 Å². The van der Waals surface area contributed by atoms with E-state index in [1.807, 2.05) is 0 Å². The number of halogens is 5. The monoisotopic (exact) mass is 391 g/mol. The summed E-state index contributed by atoms with van der Waals surface area (Å²) in [6.45, 7) is -1.25. The van der Waals surface area contributed by atoms with Crippen LogP contribution in [0, 0.1) is 0 Å². The molecule has 10 heteroatoms. The fourth-order valence-corrected chi connectivity index (χ4v) is 1.99. The van der Waals surface area contributed by atoms with Crippen LogP contribution in [-0.2, 0) is 4.79 Å². The van der Waals surface area contributed by atoms with Crippen molar-refractivity contribution >= 4 is 75.3 Å². The summed E-state index contributed by atoms with van der Waals surface area (Å²) in [5.74, 6) is -0.945. The molecule has 0 saturated carbocycles. The molecule has 0 aromatic heterocycles. The molecule has 0 aliphatic heterocycles. The van der Waals surface area contributed by atoms with E-state index in [-0.39, 0.29) is 5.11 Å². The van der Waals surface area contributed by atoms with Crippen LogP contribution >= 0.6 is 58.6 Å². The highest BCUT2D eigenvalue weighted by molar-refractivity contribution is 7.80. The molecule has 0 saturated heterocycles. The molecule has 1 rings (SSSR count). The lowest BCUT2D eigenvalue weighted by Gasteiger charge is -2.27. The Morgan fingerprint density at radius 2 is 1.90 bits per heavy atom. The van der Waals surface area contributed by atoms with Gasteiger partial charge < -0.3 is 16.0 Å². The number of hydrogen-bond donors (Lipinski definition) is 3. The van der Waals surface area contributed by atoms with E-state index < -0.39 is 22.5 Å². The molecule has 116 valence electrons. The number of hydrogen-bond acceptors (Lipinski definition) is 2. The summed E-state index contributed by atoms with van der Waals surface area (Å²) in [6, 6.07) is 6.83. The smallest absolute Gasteiger partial charge is 0.253 e. The Kier molecular flexibility index (Phi) is 7.23. The molecule has 0 spiro atoms. The van der Waals surface area contributed by atoms with Crippen molar-refractivity contribution in [1.82, 2.24) is 10.6 Å². The van der Waals surface area contributed by atoms with Crippen LogP contribution < -0.4 is 16.0 Å². The summed E-state index contributed by atoms with van der Waals surface area (Å²) in [7, 11) is 0. The number of benzene rings is 1. The standard InChI is InChI=1S/C11H10Cl4FN3OS/c12-6-3-1-2-4-7(6)17-10(21)19-9(11(13,14)15)18-8(20)5-16/h1-4,9H,5H2,(H,18,20)(H2,17,19,21). The number of para-hydroxylation sites is 1. The molecule has 0 fully saturated rings. The number of thiocarbonyl (C=S) groups is 1. The lowest BCUT2D eigenvalue weighted by molar-refractivity contribution is -0.122. The summed E-state index contributed by atoms with van der Waals surface area (Å²) in [5, 5.41) is 7.96. The highest BCUT2D eigenvalue weighted by Gasteiger charge is 2.34. The normalized spacial score (nSPS) is 12.4. The topological polar surface area (TPSA) is 53.2 Å². The summed E-state index contributed by atoms with van der Waals surface area (Å²) in [4.78, 5) is 11.1. The van der Waals surface area contributed by atoms with Crippen LogP contribution in [0.15, 0.2) is 24.3 Å². The third kappa shape index (κ3) is 6.40. The third-order valence-corrected chi connectivity index (χ3v) is 3.36. The molecule has 0 aliphatic carbocycles. The Hall–Kier alpha value is -0.530. The lowest BCUT2D eigenvalue weighted by atomic mass is 10.3. The minimum Gasteiger partial charge on any atom is -0.339 e. The fourth-order valence-electron chi connectivity index (χ4n) is 1.25. The molecule has 0 bridgehead atoms. The van der Waals surface area contributed by atoms with Crippen LogP contribution in [0.5, 0.6) is 0 Å². The first kappa shape index (κ1) is 18.5. The minimum absolute atomic E-state index is 0.0404. The van der Waals surface area contributed by atoms with Crippen molar-refractivity contribution < 1.29 is 9.18 Å². The second-order valence-corrected chi connectivity index (χ2v) is 6.94. The first-order chi connectivity index (χ1) is 9.74. The molecule has 4 nitrogen and oxygen atoms in total. The number of rotatable bonds is 4. The maximum Gasteiger partial charge on any atom is 0.253 e. The molecule has 21 heavy (non-hydrogen) atoms. The van der Waals surface area contributed by atoms with Gasteiger partial charge in [0.05, 0.1) is 10.7 Å². The largest absolute Gasteiger partial charge is 0.339 e. The predicted molar refractivity (Wildman–Crippen MR) is 89.0 cm³/mol. The zero-order chi connectivity index (χ0) is 16.0. The van der Waals surface area contributed by atoms with Gasteiger partial charge in [-0.3, -0.25) is 4.79 Å². The molecule has 1 aromatic carbocycles. The Balaban J connectivity index is 2.73. The Bertz CT molecular complexity index is 526. The van der Waals surface area contributed by atoms with Crippen LogP contribution in [-0.4, -0.2) is 27.7 Å². The Morgan fingerprint density at radius 1 is 1.29 bits per heavy atom. The second-order valence-electron chi connectivity index (χ2n) is 3.75. The molecule has 0 radical (unpaired) electrons. The number of amides is 1. The van der Waals surface area contributed by atoms with Crippen LogP contribution in [0.4, 0.5) is 10.1 Å². The van der Waals surface area contributed by atoms with Gasteiger partial charge in [-0.1, -0.05) is 58.5 Å². The van der Waals surface area contributed by atoms with Crippen molar-refractivity contribution in [2.45, 2.75) is 9.96 Å². The predicted octanol–water partition coefficient (Wildman–Crippen LogP) is 3.41. The number of nitrogens with one attached hydrogen (secondary N) is 3. The fraction of sp³-hybridized carbons (Fsp3) is 0.273. The lowest BCUT2D eigenvalue weighted by Crippen LogP contribution is -2.56. The summed E-state index contributed by atoms with van der Waals surface area (Å²) in [5.41, 5.74) is 0.525. The van der Waals surface area contributed by atoms with Crippen molar-refractivity contribution in [3.05, 3.63) is 29.3 Å². The van der Waals surface area contributed by atoms with E-state index in [0.717, 1.165) is 0 Å². The van der Waals surface area contributed by atoms with Gasteiger partial charge in [-0.2, -0.15) is 0 Å². The average molecular weight is 393 g/mol. The molecule has 1 unspecified atom stereocenters. The van der Waals surface area contributed by atoms with Crippen molar-refractivity contribution in [3.63, 3.8) is 0 Å². The van der Waals surface area contributed by atoms with Gasteiger partial charge in [-0.15, -0.1) is 0 Å². The van der Waals surface area contributed by atoms with E-state index in [9.17, 15) is 9.18 Å². The highest BCUT2D eigenvalue weighted by atomic mass is 35.6. The van der Waals surface area contributed by atoms with Crippen molar-refractivity contribution in [2.24, 2.45) is 0 Å². The van der Waals surface area contributed by atoms with Crippen molar-refractivity contribution in [2.75, 3.05) is 12.0 Å². The first-order valence-electron chi connectivity index (χ1n) is 5.48. The molecule has 1 atom stereocenters. The first-order valence-corrected chi connectivity index (χ1v) is 7.40. The zero-order valence-electron chi connectivity index (χ0n) is 10.3. The van der Waals surface area contributed by atoms with Gasteiger partial charge in [0, 0.05) is 0 Å². The minimum atomic E-state index is -1.93. The van der Waals surface area contributed by atoms with Gasteiger partial charge in [0.1, 0.15) is 6.17 Å². The Morgan fingerprint density at radius 3 is 2.43 bits per heavy atom. The molecule has 1 amide bonds. The van der Waals surface area contributed by atoms with Crippen LogP contribution in [0.25, 0.3) is 0 Å². The van der Waals surface area contributed by atoms with Gasteiger partial charge >= 0.3 is 0 Å². The number of carbonyl (C=O) groups is 1. The number of carbonyl (C=O) groups excluding carboxylic acids is 1. The van der Waals surface area contributed by atoms with Crippen molar-refractivity contribution in [1.29, 1.82) is 0 Å². The molecular formula is C11H10Cl4FN3OS. The number of alkyl halides is 4.